The molecule has 1 rings (SSSR count). The molecule has 0 aliphatic rings. The van der Waals surface area contributed by atoms with Crippen LogP contribution in [0.3, 0.4) is 0 Å². The van der Waals surface area contributed by atoms with Crippen molar-refractivity contribution in [3.05, 3.63) is 33.9 Å². The summed E-state index contributed by atoms with van der Waals surface area (Å²) in [4.78, 5) is 24.1. The normalized spacial score (nSPS) is 11.1. The van der Waals surface area contributed by atoms with Crippen molar-refractivity contribution < 1.29 is 32.8 Å². The third-order valence-electron chi connectivity index (χ3n) is 1.90. The lowest BCUT2D eigenvalue weighted by molar-refractivity contribution is -0.384. The van der Waals surface area contributed by atoms with Crippen molar-refractivity contribution in [2.24, 2.45) is 0 Å². The van der Waals surface area contributed by atoms with Gasteiger partial charge >= 0.3 is 12.1 Å². The molecule has 0 heterocycles. The minimum absolute atomic E-state index is 0.326. The molecule has 0 fully saturated rings. The van der Waals surface area contributed by atoms with Gasteiger partial charge in [-0.25, -0.2) is 4.79 Å². The highest BCUT2D eigenvalue weighted by Gasteiger charge is 2.33. The molecule has 1 aromatic rings. The summed E-state index contributed by atoms with van der Waals surface area (Å²) in [6, 6.07) is 1.72. The number of anilines is 1. The minimum Gasteiger partial charge on any atom is -0.479 e. The summed E-state index contributed by atoms with van der Waals surface area (Å²) in [5, 5.41) is 18.9. The second kappa shape index (κ2) is 5.52. The van der Waals surface area contributed by atoms with Crippen LogP contribution in [0, 0.1) is 10.1 Å². The van der Waals surface area contributed by atoms with Gasteiger partial charge in [-0.05, 0) is 12.1 Å². The van der Waals surface area contributed by atoms with Gasteiger partial charge in [0.05, 0.1) is 10.5 Å². The average Bonchev–Trinajstić information content (AvgIpc) is 2.27. The average molecular weight is 280 g/mol. The van der Waals surface area contributed by atoms with Crippen LogP contribution in [0.2, 0.25) is 0 Å². The van der Waals surface area contributed by atoms with Crippen LogP contribution in [-0.4, -0.2) is 22.6 Å². The first-order chi connectivity index (χ1) is 8.71. The molecule has 0 atom stereocenters. The third kappa shape index (κ3) is 4.10. The number of hydrogen-bond acceptors (Lipinski definition) is 5. The quantitative estimate of drug-likeness (QED) is 0.632. The fourth-order valence-electron chi connectivity index (χ4n) is 1.12. The Morgan fingerprint density at radius 2 is 2.11 bits per heavy atom. The first-order valence-electron chi connectivity index (χ1n) is 4.67. The number of rotatable bonds is 5. The third-order valence-corrected chi connectivity index (χ3v) is 1.90. The zero-order valence-corrected chi connectivity index (χ0v) is 9.10. The van der Waals surface area contributed by atoms with Crippen molar-refractivity contribution in [3.8, 4) is 0 Å². The molecule has 0 radical (unpaired) electrons. The van der Waals surface area contributed by atoms with Crippen LogP contribution in [0.15, 0.2) is 18.2 Å². The van der Waals surface area contributed by atoms with Gasteiger partial charge in [-0.1, -0.05) is 0 Å². The SMILES string of the molecule is O=C(O)CONc1ccc(C(F)(F)F)cc1[N+](=O)[O-]. The fraction of sp³-hybridized carbons (Fsp3) is 0.222. The van der Waals surface area contributed by atoms with E-state index in [2.05, 4.69) is 4.84 Å². The van der Waals surface area contributed by atoms with Crippen molar-refractivity contribution >= 4 is 17.3 Å². The van der Waals surface area contributed by atoms with Gasteiger partial charge in [0.25, 0.3) is 5.69 Å². The van der Waals surface area contributed by atoms with Crippen molar-refractivity contribution in [2.75, 3.05) is 12.1 Å². The lowest BCUT2D eigenvalue weighted by atomic mass is 10.1. The summed E-state index contributed by atoms with van der Waals surface area (Å²) < 4.78 is 37.1. The molecule has 7 nitrogen and oxygen atoms in total. The number of aliphatic carboxylic acids is 1. The molecule has 0 aromatic heterocycles. The summed E-state index contributed by atoms with van der Waals surface area (Å²) in [6.45, 7) is -0.807. The number of nitrogens with zero attached hydrogens (tertiary/aromatic N) is 1. The standard InChI is InChI=1S/C9H7F3N2O5/c10-9(11,12)5-1-2-6(7(3-5)14(17)18)13-19-4-8(15)16/h1-3,13H,4H2,(H,15,16). The van der Waals surface area contributed by atoms with E-state index in [1.807, 2.05) is 5.48 Å². The van der Waals surface area contributed by atoms with Crippen molar-refractivity contribution in [3.63, 3.8) is 0 Å². The predicted octanol–water partition coefficient (Wildman–Crippen LogP) is 2.04. The molecular weight excluding hydrogens is 273 g/mol. The maximum atomic E-state index is 12.4. The molecule has 19 heavy (non-hydrogen) atoms. The van der Waals surface area contributed by atoms with Crippen LogP contribution in [0.25, 0.3) is 0 Å². The van der Waals surface area contributed by atoms with Gasteiger partial charge in [0, 0.05) is 6.07 Å². The first-order valence-corrected chi connectivity index (χ1v) is 4.67. The van der Waals surface area contributed by atoms with E-state index in [1.54, 1.807) is 0 Å². The largest absolute Gasteiger partial charge is 0.479 e. The number of nitro groups is 1. The van der Waals surface area contributed by atoms with Gasteiger partial charge in [-0.15, -0.1) is 0 Å². The van der Waals surface area contributed by atoms with Gasteiger partial charge in [0.2, 0.25) is 0 Å². The number of carboxylic acid groups (broad SMARTS) is 1. The van der Waals surface area contributed by atoms with Crippen molar-refractivity contribution in [1.82, 2.24) is 0 Å². The Labute approximate surface area is 103 Å². The Morgan fingerprint density at radius 1 is 1.47 bits per heavy atom. The molecule has 0 aliphatic carbocycles. The van der Waals surface area contributed by atoms with Gasteiger partial charge in [-0.2, -0.15) is 13.2 Å². The van der Waals surface area contributed by atoms with E-state index in [1.165, 1.54) is 0 Å². The van der Waals surface area contributed by atoms with Gasteiger partial charge in [0.15, 0.2) is 6.61 Å². The molecule has 1 aromatic carbocycles. The minimum atomic E-state index is -4.72. The number of nitrogens with one attached hydrogen (secondary N) is 1. The lowest BCUT2D eigenvalue weighted by Gasteiger charge is -2.09. The summed E-state index contributed by atoms with van der Waals surface area (Å²) in [6.07, 6.45) is -4.72. The monoisotopic (exact) mass is 280 g/mol. The zero-order chi connectivity index (χ0) is 14.6. The molecule has 0 bridgehead atoms. The molecule has 2 N–H and O–H groups in total. The lowest BCUT2D eigenvalue weighted by Crippen LogP contribution is -2.13. The van der Waals surface area contributed by atoms with Gasteiger partial charge in [0.1, 0.15) is 5.69 Å². The summed E-state index contributed by atoms with van der Waals surface area (Å²) in [7, 11) is 0. The van der Waals surface area contributed by atoms with Crippen LogP contribution in [0.1, 0.15) is 5.56 Å². The van der Waals surface area contributed by atoms with Crippen molar-refractivity contribution in [1.29, 1.82) is 0 Å². The van der Waals surface area contributed by atoms with E-state index < -0.39 is 34.9 Å². The Kier molecular flexibility index (Phi) is 4.27. The van der Waals surface area contributed by atoms with Gasteiger partial charge in [-0.3, -0.25) is 20.4 Å². The second-order valence-corrected chi connectivity index (χ2v) is 3.27. The highest BCUT2D eigenvalue weighted by molar-refractivity contribution is 5.68. The van der Waals surface area contributed by atoms with E-state index in [-0.39, 0.29) is 5.69 Å². The van der Waals surface area contributed by atoms with Crippen LogP contribution in [0.5, 0.6) is 0 Å². The molecule has 0 unspecified atom stereocenters. The molecule has 0 saturated carbocycles. The highest BCUT2D eigenvalue weighted by Crippen LogP contribution is 2.34. The maximum absolute atomic E-state index is 12.4. The fourth-order valence-corrected chi connectivity index (χ4v) is 1.12. The summed E-state index contributed by atoms with van der Waals surface area (Å²) in [5.74, 6) is -1.35. The first kappa shape index (κ1) is 14.7. The molecule has 0 saturated heterocycles. The number of nitro benzene ring substituents is 1. The van der Waals surface area contributed by atoms with E-state index in [0.717, 1.165) is 6.07 Å². The predicted molar refractivity (Wildman–Crippen MR) is 55.3 cm³/mol. The number of hydrogen-bond donors (Lipinski definition) is 2. The molecule has 0 spiro atoms. The number of alkyl halides is 3. The smallest absolute Gasteiger partial charge is 0.416 e. The van der Waals surface area contributed by atoms with E-state index in [4.69, 9.17) is 5.11 Å². The Hall–Kier alpha value is -2.36. The summed E-state index contributed by atoms with van der Waals surface area (Å²) in [5.41, 5.74) is -0.527. The molecule has 0 amide bonds. The van der Waals surface area contributed by atoms with E-state index in [9.17, 15) is 28.1 Å². The molecule has 104 valence electrons. The topological polar surface area (TPSA) is 102 Å². The van der Waals surface area contributed by atoms with E-state index in [0.29, 0.717) is 12.1 Å². The van der Waals surface area contributed by atoms with Gasteiger partial charge < -0.3 is 5.11 Å². The Morgan fingerprint density at radius 3 is 2.58 bits per heavy atom. The van der Waals surface area contributed by atoms with E-state index >= 15 is 0 Å². The van der Waals surface area contributed by atoms with Crippen LogP contribution in [0.4, 0.5) is 24.5 Å². The number of halogens is 3. The molecular formula is C9H7F3N2O5. The van der Waals surface area contributed by atoms with Crippen LogP contribution < -0.4 is 5.48 Å². The Balaban J connectivity index is 2.99. The zero-order valence-electron chi connectivity index (χ0n) is 9.10. The molecule has 10 heteroatoms. The molecule has 0 aliphatic heterocycles. The number of benzene rings is 1. The summed E-state index contributed by atoms with van der Waals surface area (Å²) >= 11 is 0. The maximum Gasteiger partial charge on any atom is 0.416 e. The van der Waals surface area contributed by atoms with Crippen LogP contribution >= 0.6 is 0 Å². The number of carboxylic acids is 1. The van der Waals surface area contributed by atoms with Crippen LogP contribution in [-0.2, 0) is 15.8 Å². The number of carbonyl (C=O) groups is 1. The van der Waals surface area contributed by atoms with Crippen molar-refractivity contribution in [2.45, 2.75) is 6.18 Å². The highest BCUT2D eigenvalue weighted by atomic mass is 19.4. The Bertz CT molecular complexity index is 503. The second-order valence-electron chi connectivity index (χ2n) is 3.27.